The van der Waals surface area contributed by atoms with Crippen LogP contribution < -0.4 is 0 Å². The van der Waals surface area contributed by atoms with Crippen LogP contribution in [0, 0.1) is 5.92 Å². The van der Waals surface area contributed by atoms with Crippen LogP contribution in [0.4, 0.5) is 4.79 Å². The number of carbonyl (C=O) groups excluding carboxylic acids is 1. The zero-order chi connectivity index (χ0) is 12.8. The monoisotopic (exact) mass is 244 g/mol. The minimum Gasteiger partial charge on any atom is -0.480 e. The van der Waals surface area contributed by atoms with E-state index in [1.165, 1.54) is 4.90 Å². The number of carboxylic acids is 1. The van der Waals surface area contributed by atoms with Gasteiger partial charge in [0.25, 0.3) is 0 Å². The molecule has 0 aliphatic carbocycles. The summed E-state index contributed by atoms with van der Waals surface area (Å²) in [4.78, 5) is 25.7. The van der Waals surface area contributed by atoms with E-state index in [2.05, 4.69) is 0 Å². The van der Waals surface area contributed by atoms with Crippen molar-refractivity contribution in [3.63, 3.8) is 0 Å². The Balaban J connectivity index is 2.49. The third-order valence-electron chi connectivity index (χ3n) is 2.94. The molecule has 0 aromatic rings. The number of likely N-dealkylation sites (tertiary alicyclic amines) is 1. The number of likely N-dealkylation sites (N-methyl/N-ethyl adjacent to an activating group) is 1. The topological polar surface area (TPSA) is 70.1 Å². The van der Waals surface area contributed by atoms with Crippen LogP contribution in [0.3, 0.4) is 0 Å². The lowest BCUT2D eigenvalue weighted by atomic mass is 10.1. The van der Waals surface area contributed by atoms with Gasteiger partial charge in [-0.2, -0.15) is 0 Å². The van der Waals surface area contributed by atoms with Crippen molar-refractivity contribution in [2.75, 3.05) is 39.9 Å². The number of rotatable bonds is 5. The van der Waals surface area contributed by atoms with Crippen LogP contribution in [-0.4, -0.2) is 66.8 Å². The molecule has 0 saturated carbocycles. The van der Waals surface area contributed by atoms with Crippen LogP contribution in [0.15, 0.2) is 0 Å². The van der Waals surface area contributed by atoms with Gasteiger partial charge in [-0.15, -0.1) is 0 Å². The summed E-state index contributed by atoms with van der Waals surface area (Å²) < 4.78 is 5.06. The Labute approximate surface area is 101 Å². The van der Waals surface area contributed by atoms with Gasteiger partial charge in [0.1, 0.15) is 6.54 Å². The number of amides is 2. The first kappa shape index (κ1) is 13.8. The molecule has 1 N–H and O–H groups in total. The van der Waals surface area contributed by atoms with Crippen LogP contribution in [0.2, 0.25) is 0 Å². The van der Waals surface area contributed by atoms with Gasteiger partial charge in [-0.3, -0.25) is 4.79 Å². The maximum atomic E-state index is 12.0. The summed E-state index contributed by atoms with van der Waals surface area (Å²) in [7, 11) is 1.65. The maximum absolute atomic E-state index is 12.0. The van der Waals surface area contributed by atoms with Gasteiger partial charge in [0.15, 0.2) is 0 Å². The average Bonchev–Trinajstić information content (AvgIpc) is 2.74. The summed E-state index contributed by atoms with van der Waals surface area (Å²) in [6, 6.07) is -0.187. The van der Waals surface area contributed by atoms with E-state index >= 15 is 0 Å². The number of ether oxygens (including phenoxy) is 1. The van der Waals surface area contributed by atoms with E-state index < -0.39 is 5.97 Å². The quantitative estimate of drug-likeness (QED) is 0.763. The molecule has 17 heavy (non-hydrogen) atoms. The Bertz CT molecular complexity index is 283. The molecule has 0 aromatic heterocycles. The number of hydrogen-bond acceptors (Lipinski definition) is 3. The first-order valence-corrected chi connectivity index (χ1v) is 5.83. The van der Waals surface area contributed by atoms with E-state index in [9.17, 15) is 9.59 Å². The highest BCUT2D eigenvalue weighted by molar-refractivity contribution is 5.80. The van der Waals surface area contributed by atoms with Crippen LogP contribution in [0.1, 0.15) is 13.3 Å². The van der Waals surface area contributed by atoms with Crippen LogP contribution in [-0.2, 0) is 9.53 Å². The highest BCUT2D eigenvalue weighted by Crippen LogP contribution is 2.17. The van der Waals surface area contributed by atoms with E-state index in [1.54, 1.807) is 18.9 Å². The lowest BCUT2D eigenvalue weighted by molar-refractivity contribution is -0.137. The van der Waals surface area contributed by atoms with Crippen molar-refractivity contribution < 1.29 is 19.4 Å². The van der Waals surface area contributed by atoms with Crippen molar-refractivity contribution in [2.45, 2.75) is 13.3 Å². The first-order valence-electron chi connectivity index (χ1n) is 5.83. The molecule has 1 atom stereocenters. The molecule has 1 aliphatic heterocycles. The van der Waals surface area contributed by atoms with Crippen molar-refractivity contribution >= 4 is 12.0 Å². The van der Waals surface area contributed by atoms with Crippen molar-refractivity contribution in [1.82, 2.24) is 9.80 Å². The molecule has 1 saturated heterocycles. The van der Waals surface area contributed by atoms with Crippen LogP contribution >= 0.6 is 0 Å². The number of hydrogen-bond donors (Lipinski definition) is 1. The maximum Gasteiger partial charge on any atom is 0.323 e. The first-order chi connectivity index (χ1) is 8.08. The highest BCUT2D eigenvalue weighted by Gasteiger charge is 2.29. The summed E-state index contributed by atoms with van der Waals surface area (Å²) in [6.45, 7) is 3.95. The molecule has 2 amide bonds. The summed E-state index contributed by atoms with van der Waals surface area (Å²) in [5.41, 5.74) is 0. The fourth-order valence-electron chi connectivity index (χ4n) is 2.06. The second-order valence-corrected chi connectivity index (χ2v) is 4.25. The van der Waals surface area contributed by atoms with Crippen molar-refractivity contribution in [1.29, 1.82) is 0 Å². The molecule has 1 fully saturated rings. The number of urea groups is 1. The molecule has 0 spiro atoms. The minimum absolute atomic E-state index is 0.187. The summed E-state index contributed by atoms with van der Waals surface area (Å²) >= 11 is 0. The zero-order valence-electron chi connectivity index (χ0n) is 10.4. The van der Waals surface area contributed by atoms with Gasteiger partial charge < -0.3 is 19.6 Å². The molecule has 6 nitrogen and oxygen atoms in total. The van der Waals surface area contributed by atoms with Crippen molar-refractivity contribution in [3.05, 3.63) is 0 Å². The van der Waals surface area contributed by atoms with Gasteiger partial charge in [-0.05, 0) is 13.3 Å². The van der Waals surface area contributed by atoms with Gasteiger partial charge in [-0.25, -0.2) is 4.79 Å². The molecule has 98 valence electrons. The Morgan fingerprint density at radius 2 is 2.24 bits per heavy atom. The fourth-order valence-corrected chi connectivity index (χ4v) is 2.06. The highest BCUT2D eigenvalue weighted by atomic mass is 16.5. The molecule has 1 unspecified atom stereocenters. The second kappa shape index (κ2) is 6.44. The number of nitrogens with zero attached hydrogens (tertiary/aromatic N) is 2. The van der Waals surface area contributed by atoms with E-state index in [1.807, 2.05) is 0 Å². The van der Waals surface area contributed by atoms with Crippen molar-refractivity contribution in [2.24, 2.45) is 5.92 Å². The van der Waals surface area contributed by atoms with Gasteiger partial charge in [0, 0.05) is 32.7 Å². The standard InChI is InChI=1S/C11H20N2O4/c1-3-12(7-10(14)15)11(16)13-5-4-9(6-13)8-17-2/h9H,3-8H2,1-2H3,(H,14,15). The zero-order valence-corrected chi connectivity index (χ0v) is 10.4. The molecule has 0 radical (unpaired) electrons. The predicted octanol–water partition coefficient (Wildman–Crippen LogP) is 0.481. The van der Waals surface area contributed by atoms with Crippen LogP contribution in [0.25, 0.3) is 0 Å². The molecule has 6 heteroatoms. The Hall–Kier alpha value is -1.30. The smallest absolute Gasteiger partial charge is 0.323 e. The third kappa shape index (κ3) is 3.89. The normalized spacial score (nSPS) is 19.4. The Morgan fingerprint density at radius 3 is 2.76 bits per heavy atom. The summed E-state index contributed by atoms with van der Waals surface area (Å²) in [6.07, 6.45) is 0.921. The van der Waals surface area contributed by atoms with E-state index in [0.717, 1.165) is 6.42 Å². The molecule has 1 rings (SSSR count). The number of carbonyl (C=O) groups is 2. The number of carboxylic acid groups (broad SMARTS) is 1. The SMILES string of the molecule is CCN(CC(=O)O)C(=O)N1CCC(COC)C1. The Morgan fingerprint density at radius 1 is 1.53 bits per heavy atom. The summed E-state index contributed by atoms with van der Waals surface area (Å²) in [5, 5.41) is 8.71. The van der Waals surface area contributed by atoms with Gasteiger partial charge in [0.05, 0.1) is 6.61 Å². The van der Waals surface area contributed by atoms with Gasteiger partial charge in [-0.1, -0.05) is 0 Å². The molecule has 0 bridgehead atoms. The van der Waals surface area contributed by atoms with Crippen molar-refractivity contribution in [3.8, 4) is 0 Å². The molecular weight excluding hydrogens is 224 g/mol. The summed E-state index contributed by atoms with van der Waals surface area (Å²) in [5.74, 6) is -0.611. The predicted molar refractivity (Wildman–Crippen MR) is 61.8 cm³/mol. The molecule has 1 aliphatic rings. The molecular formula is C11H20N2O4. The average molecular weight is 244 g/mol. The number of aliphatic carboxylic acids is 1. The third-order valence-corrected chi connectivity index (χ3v) is 2.94. The van der Waals surface area contributed by atoms with E-state index in [0.29, 0.717) is 32.2 Å². The van der Waals surface area contributed by atoms with Gasteiger partial charge in [0.2, 0.25) is 0 Å². The van der Waals surface area contributed by atoms with E-state index in [-0.39, 0.29) is 12.6 Å². The van der Waals surface area contributed by atoms with E-state index in [4.69, 9.17) is 9.84 Å². The lowest BCUT2D eigenvalue weighted by Crippen LogP contribution is -2.44. The fraction of sp³-hybridized carbons (Fsp3) is 0.818. The molecule has 0 aromatic carbocycles. The largest absolute Gasteiger partial charge is 0.480 e. The molecule has 1 heterocycles. The minimum atomic E-state index is -0.979. The van der Waals surface area contributed by atoms with Crippen LogP contribution in [0.5, 0.6) is 0 Å². The Kier molecular flexibility index (Phi) is 5.21. The van der Waals surface area contributed by atoms with Gasteiger partial charge >= 0.3 is 12.0 Å². The second-order valence-electron chi connectivity index (χ2n) is 4.25. The number of methoxy groups -OCH3 is 1. The lowest BCUT2D eigenvalue weighted by Gasteiger charge is -2.25.